The first-order valence-corrected chi connectivity index (χ1v) is 3.53. The van der Waals surface area contributed by atoms with E-state index in [-0.39, 0.29) is 11.1 Å². The summed E-state index contributed by atoms with van der Waals surface area (Å²) >= 11 is 0. The molecule has 0 N–H and O–H groups in total. The zero-order valence-electron chi connectivity index (χ0n) is 6.81. The summed E-state index contributed by atoms with van der Waals surface area (Å²) in [5.74, 6) is 0. The quantitative estimate of drug-likeness (QED) is 0.609. The van der Waals surface area contributed by atoms with Crippen LogP contribution in [0.3, 0.4) is 0 Å². The first kappa shape index (κ1) is 9.59. The van der Waals surface area contributed by atoms with Gasteiger partial charge in [0.05, 0.1) is 17.2 Å². The van der Waals surface area contributed by atoms with Crippen molar-refractivity contribution in [3.63, 3.8) is 0 Å². The maximum atomic E-state index is 12.3. The molecule has 0 aliphatic rings. The van der Waals surface area contributed by atoms with Crippen molar-refractivity contribution < 1.29 is 13.2 Å². The average molecular weight is 185 g/mol. The molecule has 0 bridgehead atoms. The van der Waals surface area contributed by atoms with Crippen molar-refractivity contribution in [1.29, 1.82) is 5.26 Å². The van der Waals surface area contributed by atoms with Gasteiger partial charge in [-0.15, -0.1) is 0 Å². The fourth-order valence-corrected chi connectivity index (χ4v) is 1.14. The largest absolute Gasteiger partial charge is 0.417 e. The summed E-state index contributed by atoms with van der Waals surface area (Å²) in [6.45, 7) is 1.34. The maximum Gasteiger partial charge on any atom is 0.417 e. The molecule has 0 saturated carbocycles. The van der Waals surface area contributed by atoms with Gasteiger partial charge < -0.3 is 0 Å². The number of halogens is 3. The smallest absolute Gasteiger partial charge is 0.192 e. The summed E-state index contributed by atoms with van der Waals surface area (Å²) in [5, 5.41) is 8.46. The molecule has 1 aromatic carbocycles. The van der Waals surface area contributed by atoms with Crippen LogP contribution in [-0.4, -0.2) is 0 Å². The zero-order chi connectivity index (χ0) is 10.1. The Labute approximate surface area is 73.4 Å². The van der Waals surface area contributed by atoms with E-state index < -0.39 is 11.7 Å². The molecule has 0 radical (unpaired) electrons. The molecule has 4 heteroatoms. The lowest BCUT2D eigenvalue weighted by atomic mass is 10.0. The lowest BCUT2D eigenvalue weighted by Crippen LogP contribution is -2.09. The molecule has 0 aliphatic heterocycles. The normalized spacial score (nSPS) is 11.0. The number of rotatable bonds is 0. The minimum absolute atomic E-state index is 0.0755. The summed E-state index contributed by atoms with van der Waals surface area (Å²) < 4.78 is 37.0. The van der Waals surface area contributed by atoms with Crippen LogP contribution in [0.5, 0.6) is 0 Å². The Balaban J connectivity index is 3.43. The van der Waals surface area contributed by atoms with Gasteiger partial charge in [0.1, 0.15) is 0 Å². The molecule has 0 amide bonds. The van der Waals surface area contributed by atoms with Crippen molar-refractivity contribution in [3.05, 3.63) is 34.9 Å². The Kier molecular flexibility index (Phi) is 2.28. The number of benzene rings is 1. The van der Waals surface area contributed by atoms with Gasteiger partial charge in [-0.05, 0) is 18.6 Å². The van der Waals surface area contributed by atoms with Crippen molar-refractivity contribution in [2.24, 2.45) is 0 Å². The standard InChI is InChI=1S/C9H6F3N/c1-6-3-2-4-7(5-13)8(6)9(10,11)12/h2-4H,1H3. The van der Waals surface area contributed by atoms with Crippen molar-refractivity contribution >= 4 is 0 Å². The van der Waals surface area contributed by atoms with E-state index in [9.17, 15) is 13.2 Å². The van der Waals surface area contributed by atoms with E-state index in [1.807, 2.05) is 0 Å². The second-order valence-electron chi connectivity index (χ2n) is 2.61. The van der Waals surface area contributed by atoms with E-state index in [0.717, 1.165) is 6.07 Å². The lowest BCUT2D eigenvalue weighted by molar-refractivity contribution is -0.138. The number of nitrogens with zero attached hydrogens (tertiary/aromatic N) is 1. The van der Waals surface area contributed by atoms with Gasteiger partial charge in [0, 0.05) is 0 Å². The highest BCUT2D eigenvalue weighted by atomic mass is 19.4. The van der Waals surface area contributed by atoms with Gasteiger partial charge >= 0.3 is 6.18 Å². The van der Waals surface area contributed by atoms with Crippen LogP contribution in [0.25, 0.3) is 0 Å². The molecule has 0 spiro atoms. The van der Waals surface area contributed by atoms with E-state index >= 15 is 0 Å². The second-order valence-corrected chi connectivity index (χ2v) is 2.61. The van der Waals surface area contributed by atoms with Crippen LogP contribution in [0.2, 0.25) is 0 Å². The molecule has 0 saturated heterocycles. The Hall–Kier alpha value is -1.50. The molecule has 0 fully saturated rings. The minimum atomic E-state index is -4.45. The number of nitriles is 1. The van der Waals surface area contributed by atoms with Gasteiger partial charge in [0.15, 0.2) is 0 Å². The summed E-state index contributed by atoms with van der Waals surface area (Å²) in [5.41, 5.74) is -1.09. The monoisotopic (exact) mass is 185 g/mol. The van der Waals surface area contributed by atoms with Crippen LogP contribution in [-0.2, 0) is 6.18 Å². The lowest BCUT2D eigenvalue weighted by Gasteiger charge is -2.10. The molecule has 1 rings (SSSR count). The second kappa shape index (κ2) is 3.09. The molecule has 0 aromatic heterocycles. The third-order valence-electron chi connectivity index (χ3n) is 1.68. The first-order valence-electron chi connectivity index (χ1n) is 3.53. The molecule has 0 atom stereocenters. The van der Waals surface area contributed by atoms with Crippen LogP contribution >= 0.6 is 0 Å². The fourth-order valence-electron chi connectivity index (χ4n) is 1.14. The number of hydrogen-bond donors (Lipinski definition) is 0. The Morgan fingerprint density at radius 1 is 1.31 bits per heavy atom. The number of hydrogen-bond acceptors (Lipinski definition) is 1. The summed E-state index contributed by atoms with van der Waals surface area (Å²) in [6.07, 6.45) is -4.45. The molecular weight excluding hydrogens is 179 g/mol. The van der Waals surface area contributed by atoms with Crippen LogP contribution < -0.4 is 0 Å². The Bertz CT molecular complexity index is 360. The molecule has 0 unspecified atom stereocenters. The van der Waals surface area contributed by atoms with Gasteiger partial charge in [0.2, 0.25) is 0 Å². The molecule has 0 heterocycles. The van der Waals surface area contributed by atoms with Crippen molar-refractivity contribution in [1.82, 2.24) is 0 Å². The molecule has 13 heavy (non-hydrogen) atoms. The van der Waals surface area contributed by atoms with Crippen LogP contribution in [0.15, 0.2) is 18.2 Å². The van der Waals surface area contributed by atoms with Crippen molar-refractivity contribution in [3.8, 4) is 6.07 Å². The van der Waals surface area contributed by atoms with Gasteiger partial charge in [-0.1, -0.05) is 12.1 Å². The SMILES string of the molecule is Cc1cccc(C#N)c1C(F)(F)F. The summed E-state index contributed by atoms with van der Waals surface area (Å²) in [4.78, 5) is 0. The highest BCUT2D eigenvalue weighted by Gasteiger charge is 2.34. The molecule has 0 aliphatic carbocycles. The van der Waals surface area contributed by atoms with Gasteiger partial charge in [-0.25, -0.2) is 0 Å². The number of alkyl halides is 3. The van der Waals surface area contributed by atoms with Crippen molar-refractivity contribution in [2.45, 2.75) is 13.1 Å². The van der Waals surface area contributed by atoms with Gasteiger partial charge in [-0.2, -0.15) is 18.4 Å². The first-order chi connectivity index (χ1) is 5.96. The third-order valence-corrected chi connectivity index (χ3v) is 1.68. The molecule has 68 valence electrons. The van der Waals surface area contributed by atoms with Crippen LogP contribution in [0.4, 0.5) is 13.2 Å². The van der Waals surface area contributed by atoms with E-state index in [0.29, 0.717) is 0 Å². The van der Waals surface area contributed by atoms with E-state index in [2.05, 4.69) is 0 Å². The highest BCUT2D eigenvalue weighted by Crippen LogP contribution is 2.33. The van der Waals surface area contributed by atoms with Gasteiger partial charge in [0.25, 0.3) is 0 Å². The maximum absolute atomic E-state index is 12.3. The topological polar surface area (TPSA) is 23.8 Å². The van der Waals surface area contributed by atoms with Gasteiger partial charge in [-0.3, -0.25) is 0 Å². The van der Waals surface area contributed by atoms with E-state index in [4.69, 9.17) is 5.26 Å². The summed E-state index contributed by atoms with van der Waals surface area (Å²) in [6, 6.07) is 5.46. The predicted molar refractivity (Wildman–Crippen MR) is 40.9 cm³/mol. The molecule has 1 nitrogen and oxygen atoms in total. The minimum Gasteiger partial charge on any atom is -0.192 e. The van der Waals surface area contributed by atoms with Crippen LogP contribution in [0.1, 0.15) is 16.7 Å². The van der Waals surface area contributed by atoms with Crippen molar-refractivity contribution in [2.75, 3.05) is 0 Å². The van der Waals surface area contributed by atoms with E-state index in [1.165, 1.54) is 25.1 Å². The summed E-state index contributed by atoms with van der Waals surface area (Å²) in [7, 11) is 0. The highest BCUT2D eigenvalue weighted by molar-refractivity contribution is 5.43. The Morgan fingerprint density at radius 3 is 2.31 bits per heavy atom. The predicted octanol–water partition coefficient (Wildman–Crippen LogP) is 2.89. The average Bonchev–Trinajstić information content (AvgIpc) is 2.01. The Morgan fingerprint density at radius 2 is 1.92 bits per heavy atom. The fraction of sp³-hybridized carbons (Fsp3) is 0.222. The third kappa shape index (κ3) is 1.81. The van der Waals surface area contributed by atoms with Crippen LogP contribution in [0, 0.1) is 18.3 Å². The number of aryl methyl sites for hydroxylation is 1. The molecule has 1 aromatic rings. The molecular formula is C9H6F3N. The van der Waals surface area contributed by atoms with E-state index in [1.54, 1.807) is 0 Å². The zero-order valence-corrected chi connectivity index (χ0v) is 6.81.